The molecule has 1 atom stereocenters. The molecule has 2 heterocycles. The summed E-state index contributed by atoms with van der Waals surface area (Å²) in [5.74, 6) is -0.384. The van der Waals surface area contributed by atoms with Gasteiger partial charge in [-0.2, -0.15) is 0 Å². The predicted molar refractivity (Wildman–Crippen MR) is 71.8 cm³/mol. The SMILES string of the molecule is O=C(O)CCN1CCCC(C(=O)N2CCCCC2)C1. The van der Waals surface area contributed by atoms with Crippen molar-refractivity contribution in [3.63, 3.8) is 0 Å². The van der Waals surface area contributed by atoms with Crippen LogP contribution in [-0.2, 0) is 9.59 Å². The minimum absolute atomic E-state index is 0.0839. The van der Waals surface area contributed by atoms with Crippen LogP contribution in [0.15, 0.2) is 0 Å². The molecule has 0 aromatic rings. The van der Waals surface area contributed by atoms with E-state index in [0.29, 0.717) is 12.5 Å². The fourth-order valence-corrected chi connectivity index (χ4v) is 3.09. The van der Waals surface area contributed by atoms with Gasteiger partial charge in [-0.3, -0.25) is 9.59 Å². The Labute approximate surface area is 114 Å². The summed E-state index contributed by atoms with van der Waals surface area (Å²) in [5.41, 5.74) is 0. The van der Waals surface area contributed by atoms with Gasteiger partial charge >= 0.3 is 5.97 Å². The van der Waals surface area contributed by atoms with Gasteiger partial charge in [0.15, 0.2) is 0 Å². The Hall–Kier alpha value is -1.10. The second-order valence-corrected chi connectivity index (χ2v) is 5.67. The highest BCUT2D eigenvalue weighted by Gasteiger charge is 2.29. The van der Waals surface area contributed by atoms with E-state index in [-0.39, 0.29) is 12.3 Å². The molecule has 0 aliphatic carbocycles. The van der Waals surface area contributed by atoms with Crippen molar-refractivity contribution < 1.29 is 14.7 Å². The van der Waals surface area contributed by atoms with E-state index in [1.807, 2.05) is 4.90 Å². The van der Waals surface area contributed by atoms with Crippen molar-refractivity contribution in [1.82, 2.24) is 9.80 Å². The molecule has 2 fully saturated rings. The van der Waals surface area contributed by atoms with E-state index in [1.165, 1.54) is 6.42 Å². The lowest BCUT2D eigenvalue weighted by Gasteiger charge is -2.36. The van der Waals surface area contributed by atoms with Crippen LogP contribution in [0.4, 0.5) is 0 Å². The van der Waals surface area contributed by atoms with E-state index in [9.17, 15) is 9.59 Å². The van der Waals surface area contributed by atoms with E-state index < -0.39 is 5.97 Å². The smallest absolute Gasteiger partial charge is 0.304 e. The molecular weight excluding hydrogens is 244 g/mol. The zero-order chi connectivity index (χ0) is 13.7. The molecule has 0 saturated carbocycles. The minimum atomic E-state index is -0.760. The van der Waals surface area contributed by atoms with Gasteiger partial charge in [0.2, 0.25) is 5.91 Å². The summed E-state index contributed by atoms with van der Waals surface area (Å²) >= 11 is 0. The minimum Gasteiger partial charge on any atom is -0.481 e. The summed E-state index contributed by atoms with van der Waals surface area (Å²) in [6, 6.07) is 0. The number of hydrogen-bond donors (Lipinski definition) is 1. The highest BCUT2D eigenvalue weighted by Crippen LogP contribution is 2.21. The van der Waals surface area contributed by atoms with Gasteiger partial charge in [-0.1, -0.05) is 0 Å². The lowest BCUT2D eigenvalue weighted by atomic mass is 9.95. The maximum atomic E-state index is 12.4. The molecule has 2 rings (SSSR count). The molecule has 2 aliphatic heterocycles. The van der Waals surface area contributed by atoms with Gasteiger partial charge in [-0.25, -0.2) is 0 Å². The second-order valence-electron chi connectivity index (χ2n) is 5.67. The summed E-state index contributed by atoms with van der Waals surface area (Å²) in [7, 11) is 0. The van der Waals surface area contributed by atoms with Crippen LogP contribution in [0.5, 0.6) is 0 Å². The molecule has 1 N–H and O–H groups in total. The molecule has 2 aliphatic rings. The number of carbonyl (C=O) groups is 2. The zero-order valence-corrected chi connectivity index (χ0v) is 11.5. The first-order valence-corrected chi connectivity index (χ1v) is 7.40. The molecule has 1 unspecified atom stereocenters. The van der Waals surface area contributed by atoms with Crippen molar-refractivity contribution in [2.75, 3.05) is 32.7 Å². The predicted octanol–water partition coefficient (Wildman–Crippen LogP) is 1.19. The summed E-state index contributed by atoms with van der Waals surface area (Å²) in [4.78, 5) is 27.2. The van der Waals surface area contributed by atoms with E-state index in [1.54, 1.807) is 0 Å². The Bertz CT molecular complexity index is 327. The van der Waals surface area contributed by atoms with Crippen molar-refractivity contribution >= 4 is 11.9 Å². The lowest BCUT2D eigenvalue weighted by Crippen LogP contribution is -2.46. The maximum Gasteiger partial charge on any atom is 0.304 e. The molecule has 0 bridgehead atoms. The number of nitrogens with zero attached hydrogens (tertiary/aromatic N) is 2. The zero-order valence-electron chi connectivity index (χ0n) is 11.5. The summed E-state index contributed by atoms with van der Waals surface area (Å²) in [5, 5.41) is 8.72. The van der Waals surface area contributed by atoms with Crippen molar-refractivity contribution in [2.24, 2.45) is 5.92 Å². The van der Waals surface area contributed by atoms with Gasteiger partial charge in [-0.05, 0) is 38.6 Å². The Morgan fingerprint density at radius 3 is 2.47 bits per heavy atom. The third-order valence-corrected chi connectivity index (χ3v) is 4.16. The largest absolute Gasteiger partial charge is 0.481 e. The Morgan fingerprint density at radius 1 is 1.05 bits per heavy atom. The summed E-state index contributed by atoms with van der Waals surface area (Å²) < 4.78 is 0. The Morgan fingerprint density at radius 2 is 1.79 bits per heavy atom. The number of carboxylic acid groups (broad SMARTS) is 1. The average Bonchev–Trinajstić information content (AvgIpc) is 2.45. The number of likely N-dealkylation sites (tertiary alicyclic amines) is 2. The molecule has 0 aromatic carbocycles. The van der Waals surface area contributed by atoms with Crippen molar-refractivity contribution in [2.45, 2.75) is 38.5 Å². The number of piperidine rings is 2. The second kappa shape index (κ2) is 6.89. The van der Waals surface area contributed by atoms with E-state index in [0.717, 1.165) is 51.9 Å². The maximum absolute atomic E-state index is 12.4. The Balaban J connectivity index is 1.82. The Kier molecular flexibility index (Phi) is 5.19. The number of amides is 1. The lowest BCUT2D eigenvalue weighted by molar-refractivity contribution is -0.138. The van der Waals surface area contributed by atoms with Crippen LogP contribution < -0.4 is 0 Å². The molecule has 5 nitrogen and oxygen atoms in total. The first kappa shape index (κ1) is 14.3. The van der Waals surface area contributed by atoms with Gasteiger partial charge < -0.3 is 14.9 Å². The molecule has 0 spiro atoms. The fourth-order valence-electron chi connectivity index (χ4n) is 3.09. The average molecular weight is 268 g/mol. The van der Waals surface area contributed by atoms with Gasteiger partial charge in [-0.15, -0.1) is 0 Å². The molecule has 0 aromatic heterocycles. The molecule has 1 amide bonds. The van der Waals surface area contributed by atoms with Crippen LogP contribution in [0.2, 0.25) is 0 Å². The summed E-state index contributed by atoms with van der Waals surface area (Å²) in [6.07, 6.45) is 5.62. The molecular formula is C14H24N2O3. The number of rotatable bonds is 4. The molecule has 19 heavy (non-hydrogen) atoms. The first-order chi connectivity index (χ1) is 9.16. The third kappa shape index (κ3) is 4.20. The van der Waals surface area contributed by atoms with Gasteiger partial charge in [0.05, 0.1) is 12.3 Å². The number of hydrogen-bond acceptors (Lipinski definition) is 3. The number of aliphatic carboxylic acids is 1. The molecule has 0 radical (unpaired) electrons. The van der Waals surface area contributed by atoms with Crippen LogP contribution in [0, 0.1) is 5.92 Å². The molecule has 108 valence electrons. The molecule has 2 saturated heterocycles. The van der Waals surface area contributed by atoms with E-state index >= 15 is 0 Å². The van der Waals surface area contributed by atoms with Gasteiger partial charge in [0.25, 0.3) is 0 Å². The highest BCUT2D eigenvalue weighted by atomic mass is 16.4. The van der Waals surface area contributed by atoms with E-state index in [2.05, 4.69) is 4.90 Å². The third-order valence-electron chi connectivity index (χ3n) is 4.16. The van der Waals surface area contributed by atoms with Crippen LogP contribution in [0.1, 0.15) is 38.5 Å². The van der Waals surface area contributed by atoms with Crippen LogP contribution in [0.3, 0.4) is 0 Å². The van der Waals surface area contributed by atoms with Crippen molar-refractivity contribution in [3.05, 3.63) is 0 Å². The van der Waals surface area contributed by atoms with E-state index in [4.69, 9.17) is 5.11 Å². The quantitative estimate of drug-likeness (QED) is 0.832. The normalized spacial score (nSPS) is 25.3. The van der Waals surface area contributed by atoms with Gasteiger partial charge in [0.1, 0.15) is 0 Å². The highest BCUT2D eigenvalue weighted by molar-refractivity contribution is 5.79. The van der Waals surface area contributed by atoms with Crippen molar-refractivity contribution in [1.29, 1.82) is 0 Å². The monoisotopic (exact) mass is 268 g/mol. The van der Waals surface area contributed by atoms with Crippen LogP contribution in [-0.4, -0.2) is 59.5 Å². The molecule has 5 heteroatoms. The fraction of sp³-hybridized carbons (Fsp3) is 0.857. The first-order valence-electron chi connectivity index (χ1n) is 7.40. The van der Waals surface area contributed by atoms with Gasteiger partial charge in [0, 0.05) is 26.2 Å². The number of carbonyl (C=O) groups excluding carboxylic acids is 1. The standard InChI is InChI=1S/C14H24N2O3/c17-13(18)6-10-15-7-4-5-12(11-15)14(19)16-8-2-1-3-9-16/h12H,1-11H2,(H,17,18). The number of carboxylic acids is 1. The topological polar surface area (TPSA) is 60.9 Å². The summed E-state index contributed by atoms with van der Waals surface area (Å²) in [6.45, 7) is 4.05. The van der Waals surface area contributed by atoms with Crippen molar-refractivity contribution in [3.8, 4) is 0 Å². The van der Waals surface area contributed by atoms with Crippen LogP contribution in [0.25, 0.3) is 0 Å². The van der Waals surface area contributed by atoms with Crippen LogP contribution >= 0.6 is 0 Å².